The number of benzene rings is 1. The third kappa shape index (κ3) is 6.25. The highest BCUT2D eigenvalue weighted by atomic mass is 19.1. The van der Waals surface area contributed by atoms with Crippen molar-refractivity contribution >= 4 is 0 Å². The van der Waals surface area contributed by atoms with Gasteiger partial charge in [0.1, 0.15) is 11.4 Å². The molecule has 3 heteroatoms. The largest absolute Gasteiger partial charge is 0.474 e. The van der Waals surface area contributed by atoms with E-state index in [0.29, 0.717) is 0 Å². The van der Waals surface area contributed by atoms with Gasteiger partial charge in [-0.05, 0) is 83.1 Å². The molecule has 0 radical (unpaired) electrons. The van der Waals surface area contributed by atoms with Crippen LogP contribution < -0.4 is 0 Å². The number of piperidine rings is 1. The molecule has 2 rings (SSSR count). The quantitative estimate of drug-likeness (QED) is 0.673. The first-order valence-electron chi connectivity index (χ1n) is 8.71. The number of nitrogens with zero attached hydrogens (tertiary/aromatic N) is 1. The van der Waals surface area contributed by atoms with Crippen molar-refractivity contribution in [3.05, 3.63) is 48.1 Å². The lowest BCUT2D eigenvalue weighted by Crippen LogP contribution is -2.36. The van der Waals surface area contributed by atoms with Crippen molar-refractivity contribution in [2.75, 3.05) is 13.1 Å². The molecule has 0 amide bonds. The predicted octanol–water partition coefficient (Wildman–Crippen LogP) is 5.15. The monoisotopic (exact) mass is 319 g/mol. The molecule has 0 bridgehead atoms. The summed E-state index contributed by atoms with van der Waals surface area (Å²) in [4.78, 5) is 2.27. The lowest BCUT2D eigenvalue weighted by Gasteiger charge is -2.36. The Kier molecular flexibility index (Phi) is 6.09. The molecule has 1 aromatic carbocycles. The van der Waals surface area contributed by atoms with Crippen LogP contribution in [0, 0.1) is 11.7 Å². The predicted molar refractivity (Wildman–Crippen MR) is 93.6 cm³/mol. The van der Waals surface area contributed by atoms with Crippen LogP contribution >= 0.6 is 0 Å². The molecule has 0 atom stereocenters. The van der Waals surface area contributed by atoms with E-state index >= 15 is 0 Å². The maximum atomic E-state index is 12.9. The number of halogens is 1. The molecule has 0 N–H and O–H groups in total. The number of likely N-dealkylation sites (tertiary alicyclic amines) is 1. The summed E-state index contributed by atoms with van der Waals surface area (Å²) < 4.78 is 18.7. The van der Waals surface area contributed by atoms with Gasteiger partial charge >= 0.3 is 0 Å². The maximum absolute atomic E-state index is 12.9. The van der Waals surface area contributed by atoms with E-state index in [4.69, 9.17) is 4.74 Å². The minimum absolute atomic E-state index is 0.154. The average Bonchev–Trinajstić information content (AvgIpc) is 2.48. The third-order valence-corrected chi connectivity index (χ3v) is 4.38. The number of hydrogen-bond acceptors (Lipinski definition) is 2. The number of hydrogen-bond donors (Lipinski definition) is 0. The molecule has 1 saturated heterocycles. The Hall–Kier alpha value is -1.51. The molecule has 0 aromatic heterocycles. The van der Waals surface area contributed by atoms with Gasteiger partial charge in [-0.25, -0.2) is 4.39 Å². The summed E-state index contributed by atoms with van der Waals surface area (Å²) in [6.07, 6.45) is 5.87. The Balaban J connectivity index is 1.66. The lowest BCUT2D eigenvalue weighted by molar-refractivity contribution is -0.00583. The van der Waals surface area contributed by atoms with Crippen LogP contribution in [0.25, 0.3) is 0 Å². The second-order valence-electron chi connectivity index (χ2n) is 7.56. The fourth-order valence-corrected chi connectivity index (χ4v) is 3.13. The first-order valence-corrected chi connectivity index (χ1v) is 8.71. The summed E-state index contributed by atoms with van der Waals surface area (Å²) in [5, 5.41) is 0. The Morgan fingerprint density at radius 1 is 1.22 bits per heavy atom. The number of ether oxygens (including phenoxy) is 1. The highest BCUT2D eigenvalue weighted by molar-refractivity contribution is 5.15. The van der Waals surface area contributed by atoms with Gasteiger partial charge in [-0.1, -0.05) is 12.1 Å². The van der Waals surface area contributed by atoms with Crippen LogP contribution in [0.2, 0.25) is 0 Å². The fraction of sp³-hybridized carbons (Fsp3) is 0.600. The summed E-state index contributed by atoms with van der Waals surface area (Å²) in [5.74, 6) is 1.44. The SMILES string of the molecule is C=C(OC(C)(C)C)N1CCC(CCCc2ccc(F)cc2)CC1. The van der Waals surface area contributed by atoms with E-state index in [9.17, 15) is 4.39 Å². The second-order valence-corrected chi connectivity index (χ2v) is 7.56. The van der Waals surface area contributed by atoms with Crippen molar-refractivity contribution in [1.29, 1.82) is 0 Å². The van der Waals surface area contributed by atoms with E-state index in [0.717, 1.165) is 31.3 Å². The van der Waals surface area contributed by atoms with Gasteiger partial charge in [-0.3, -0.25) is 0 Å². The highest BCUT2D eigenvalue weighted by Crippen LogP contribution is 2.26. The Bertz CT molecular complexity index is 495. The van der Waals surface area contributed by atoms with Crippen LogP contribution in [0.4, 0.5) is 4.39 Å². The third-order valence-electron chi connectivity index (χ3n) is 4.38. The van der Waals surface area contributed by atoms with Crippen LogP contribution in [0.3, 0.4) is 0 Å². The van der Waals surface area contributed by atoms with E-state index in [1.54, 1.807) is 12.1 Å². The molecule has 0 aliphatic carbocycles. The molecular formula is C20H30FNO. The lowest BCUT2D eigenvalue weighted by atomic mass is 9.91. The topological polar surface area (TPSA) is 12.5 Å². The van der Waals surface area contributed by atoms with Crippen molar-refractivity contribution in [3.8, 4) is 0 Å². The van der Waals surface area contributed by atoms with E-state index in [-0.39, 0.29) is 11.4 Å². The summed E-state index contributed by atoms with van der Waals surface area (Å²) in [6.45, 7) is 12.3. The molecule has 1 aliphatic rings. The maximum Gasteiger partial charge on any atom is 0.182 e. The molecule has 1 aliphatic heterocycles. The zero-order valence-electron chi connectivity index (χ0n) is 14.8. The Labute approximate surface area is 140 Å². The Morgan fingerprint density at radius 2 is 1.83 bits per heavy atom. The van der Waals surface area contributed by atoms with E-state index in [1.165, 1.54) is 31.2 Å². The van der Waals surface area contributed by atoms with Gasteiger partial charge in [0, 0.05) is 13.1 Å². The second kappa shape index (κ2) is 7.85. The van der Waals surface area contributed by atoms with Crippen LogP contribution in [-0.2, 0) is 11.2 Å². The van der Waals surface area contributed by atoms with Gasteiger partial charge in [0.2, 0.25) is 0 Å². The fourth-order valence-electron chi connectivity index (χ4n) is 3.13. The van der Waals surface area contributed by atoms with Crippen LogP contribution in [-0.4, -0.2) is 23.6 Å². The van der Waals surface area contributed by atoms with Crippen LogP contribution in [0.1, 0.15) is 52.0 Å². The molecule has 1 fully saturated rings. The molecule has 1 aromatic rings. The minimum Gasteiger partial charge on any atom is -0.474 e. The van der Waals surface area contributed by atoms with E-state index < -0.39 is 0 Å². The summed E-state index contributed by atoms with van der Waals surface area (Å²) in [7, 11) is 0. The molecule has 0 spiro atoms. The molecular weight excluding hydrogens is 289 g/mol. The van der Waals surface area contributed by atoms with E-state index in [2.05, 4.69) is 32.3 Å². The zero-order chi connectivity index (χ0) is 16.9. The Morgan fingerprint density at radius 3 is 2.39 bits per heavy atom. The van der Waals surface area contributed by atoms with Gasteiger partial charge in [-0.2, -0.15) is 0 Å². The normalized spacial score (nSPS) is 16.4. The molecule has 128 valence electrons. The van der Waals surface area contributed by atoms with Gasteiger partial charge in [0.05, 0.1) is 0 Å². The first-order chi connectivity index (χ1) is 10.8. The summed E-state index contributed by atoms with van der Waals surface area (Å²) in [6, 6.07) is 6.89. The number of aryl methyl sites for hydroxylation is 1. The molecule has 1 heterocycles. The van der Waals surface area contributed by atoms with E-state index in [1.807, 2.05) is 12.1 Å². The van der Waals surface area contributed by atoms with Crippen molar-refractivity contribution in [3.63, 3.8) is 0 Å². The van der Waals surface area contributed by atoms with Crippen molar-refractivity contribution in [2.24, 2.45) is 5.92 Å². The molecule has 23 heavy (non-hydrogen) atoms. The molecule has 0 saturated carbocycles. The molecule has 0 unspecified atom stereocenters. The van der Waals surface area contributed by atoms with Gasteiger partial charge in [0.25, 0.3) is 0 Å². The smallest absolute Gasteiger partial charge is 0.182 e. The first kappa shape index (κ1) is 17.8. The summed E-state index contributed by atoms with van der Waals surface area (Å²) in [5.41, 5.74) is 1.05. The van der Waals surface area contributed by atoms with Crippen LogP contribution in [0.15, 0.2) is 36.7 Å². The zero-order valence-corrected chi connectivity index (χ0v) is 14.8. The molecule has 2 nitrogen and oxygen atoms in total. The minimum atomic E-state index is -0.177. The van der Waals surface area contributed by atoms with Gasteiger partial charge in [-0.15, -0.1) is 0 Å². The van der Waals surface area contributed by atoms with Crippen molar-refractivity contribution in [1.82, 2.24) is 4.90 Å². The average molecular weight is 319 g/mol. The standard InChI is InChI=1S/C20H30FNO/c1-16(23-20(2,3)4)22-14-12-18(13-15-22)7-5-6-17-8-10-19(21)11-9-17/h8-11,18H,1,5-7,12-15H2,2-4H3. The van der Waals surface area contributed by atoms with Crippen LogP contribution in [0.5, 0.6) is 0 Å². The van der Waals surface area contributed by atoms with Crippen molar-refractivity contribution in [2.45, 2.75) is 58.5 Å². The highest BCUT2D eigenvalue weighted by Gasteiger charge is 2.22. The summed E-state index contributed by atoms with van der Waals surface area (Å²) >= 11 is 0. The van der Waals surface area contributed by atoms with Crippen molar-refractivity contribution < 1.29 is 9.13 Å². The van der Waals surface area contributed by atoms with Gasteiger partial charge in [0.15, 0.2) is 5.88 Å². The number of rotatable bonds is 6. The van der Waals surface area contributed by atoms with Gasteiger partial charge < -0.3 is 9.64 Å².